The quantitative estimate of drug-likeness (QED) is 0.865. The molecule has 0 fully saturated rings. The Balaban J connectivity index is 0.000000403. The summed E-state index contributed by atoms with van der Waals surface area (Å²) in [5.41, 5.74) is 12.4. The molecule has 2 amide bonds. The van der Waals surface area contributed by atoms with Crippen LogP contribution in [0.3, 0.4) is 0 Å². The first-order chi connectivity index (χ1) is 13.4. The number of anilines is 1. The van der Waals surface area contributed by atoms with Gasteiger partial charge in [-0.2, -0.15) is 0 Å². The van der Waals surface area contributed by atoms with Crippen LogP contribution < -0.4 is 10.6 Å². The molecule has 4 rings (SSSR count). The lowest BCUT2D eigenvalue weighted by Crippen LogP contribution is -2.31. The molecule has 1 aliphatic heterocycles. The lowest BCUT2D eigenvalue weighted by molar-refractivity contribution is -0.119. The largest absolute Gasteiger partial charge is 0.370 e. The molecule has 5 heteroatoms. The maximum atomic E-state index is 11.8. The highest BCUT2D eigenvalue weighted by Crippen LogP contribution is 2.36. The number of aryl methyl sites for hydroxylation is 1. The van der Waals surface area contributed by atoms with Gasteiger partial charge >= 0.3 is 0 Å². The van der Waals surface area contributed by atoms with Crippen LogP contribution in [0.25, 0.3) is 11.1 Å². The van der Waals surface area contributed by atoms with E-state index in [4.69, 9.17) is 0 Å². The molecule has 1 aromatic heterocycles. The summed E-state index contributed by atoms with van der Waals surface area (Å²) >= 11 is 0. The third kappa shape index (κ3) is 4.24. The topological polar surface area (TPSA) is 76.3 Å². The second kappa shape index (κ2) is 8.55. The highest BCUT2D eigenvalue weighted by Gasteiger charge is 2.23. The molecule has 28 heavy (non-hydrogen) atoms. The molecule has 0 spiro atoms. The minimum Gasteiger partial charge on any atom is -0.370 e. The first-order valence-corrected chi connectivity index (χ1v) is 10.0. The number of amides is 2. The van der Waals surface area contributed by atoms with Crippen molar-refractivity contribution in [3.05, 3.63) is 47.3 Å². The van der Waals surface area contributed by atoms with Crippen LogP contribution in [0.2, 0.25) is 0 Å². The number of carbonyl (C=O) groups is 2. The zero-order valence-corrected chi connectivity index (χ0v) is 17.0. The summed E-state index contributed by atoms with van der Waals surface area (Å²) in [6, 6.07) is 6.49. The number of primary amides is 1. The minimum absolute atomic E-state index is 0.206. The molecule has 1 atom stereocenters. The van der Waals surface area contributed by atoms with E-state index in [0.29, 0.717) is 12.8 Å². The summed E-state index contributed by atoms with van der Waals surface area (Å²) in [5.74, 6) is 0.714. The van der Waals surface area contributed by atoms with Gasteiger partial charge in [0.05, 0.1) is 0 Å². The molecule has 1 aliphatic carbocycles. The Morgan fingerprint density at radius 2 is 1.96 bits per heavy atom. The molecular formula is C23H29N3O2. The summed E-state index contributed by atoms with van der Waals surface area (Å²) in [7, 11) is 1.87. The monoisotopic (exact) mass is 379 g/mol. The van der Waals surface area contributed by atoms with Crippen molar-refractivity contribution >= 4 is 17.5 Å². The van der Waals surface area contributed by atoms with E-state index in [9.17, 15) is 9.59 Å². The van der Waals surface area contributed by atoms with Crippen molar-refractivity contribution in [2.45, 2.75) is 52.4 Å². The van der Waals surface area contributed by atoms with Gasteiger partial charge < -0.3 is 10.6 Å². The first kappa shape index (κ1) is 20.1. The molecule has 2 N–H and O–H groups in total. The number of benzene rings is 1. The Morgan fingerprint density at radius 1 is 1.21 bits per heavy atom. The third-order valence-corrected chi connectivity index (χ3v) is 5.68. The molecular weight excluding hydrogens is 350 g/mol. The number of hydrogen-bond acceptors (Lipinski definition) is 3. The molecule has 2 aromatic rings. The van der Waals surface area contributed by atoms with Gasteiger partial charge in [0.2, 0.25) is 11.8 Å². The molecule has 2 aliphatic rings. The van der Waals surface area contributed by atoms with E-state index in [0.717, 1.165) is 30.9 Å². The van der Waals surface area contributed by atoms with Crippen LogP contribution >= 0.6 is 0 Å². The smallest absolute Gasteiger partial charge is 0.227 e. The number of nitrogens with zero attached hydrogens (tertiary/aromatic N) is 2. The molecule has 0 radical (unpaired) electrons. The average Bonchev–Trinajstić information content (AvgIpc) is 2.70. The SMILES string of the molecule is CCC(N)=O.C[C@@H]1CCc2c(cncc2-c2ccc3c(c2)CCC(=O)N3C)C1. The average molecular weight is 380 g/mol. The second-order valence-corrected chi connectivity index (χ2v) is 7.79. The van der Waals surface area contributed by atoms with Crippen LogP contribution in [0.15, 0.2) is 30.6 Å². The van der Waals surface area contributed by atoms with Gasteiger partial charge in [0, 0.05) is 43.5 Å². The summed E-state index contributed by atoms with van der Waals surface area (Å²) in [5, 5.41) is 0. The fourth-order valence-electron chi connectivity index (χ4n) is 3.94. The zero-order valence-electron chi connectivity index (χ0n) is 17.0. The molecule has 2 heterocycles. The molecule has 1 aromatic carbocycles. The van der Waals surface area contributed by atoms with Gasteiger partial charge in [-0.15, -0.1) is 0 Å². The van der Waals surface area contributed by atoms with Crippen molar-refractivity contribution in [1.29, 1.82) is 0 Å². The molecule has 148 valence electrons. The lowest BCUT2D eigenvalue weighted by atomic mass is 9.82. The van der Waals surface area contributed by atoms with E-state index in [1.807, 2.05) is 19.4 Å². The van der Waals surface area contributed by atoms with E-state index in [-0.39, 0.29) is 11.8 Å². The minimum atomic E-state index is -0.245. The summed E-state index contributed by atoms with van der Waals surface area (Å²) in [6.07, 6.45) is 9.48. The first-order valence-electron chi connectivity index (χ1n) is 10.0. The fraction of sp³-hybridized carbons (Fsp3) is 0.435. The number of fused-ring (bicyclic) bond motifs is 2. The van der Waals surface area contributed by atoms with Gasteiger partial charge in [0.25, 0.3) is 0 Å². The Bertz CT molecular complexity index is 891. The number of nitrogens with two attached hydrogens (primary N) is 1. The van der Waals surface area contributed by atoms with Gasteiger partial charge in [-0.3, -0.25) is 14.6 Å². The van der Waals surface area contributed by atoms with Crippen molar-refractivity contribution in [3.63, 3.8) is 0 Å². The van der Waals surface area contributed by atoms with Crippen LogP contribution in [0, 0.1) is 5.92 Å². The highest BCUT2D eigenvalue weighted by atomic mass is 16.2. The van der Waals surface area contributed by atoms with E-state index in [1.165, 1.54) is 34.2 Å². The maximum absolute atomic E-state index is 11.8. The van der Waals surface area contributed by atoms with Crippen LogP contribution in [0.5, 0.6) is 0 Å². The predicted molar refractivity (Wildman–Crippen MR) is 112 cm³/mol. The maximum Gasteiger partial charge on any atom is 0.227 e. The third-order valence-electron chi connectivity index (χ3n) is 5.68. The van der Waals surface area contributed by atoms with Crippen molar-refractivity contribution in [2.24, 2.45) is 11.7 Å². The molecule has 0 saturated carbocycles. The normalized spacial score (nSPS) is 17.9. The van der Waals surface area contributed by atoms with Gasteiger partial charge in [-0.1, -0.05) is 19.9 Å². The molecule has 5 nitrogen and oxygen atoms in total. The van der Waals surface area contributed by atoms with Crippen LogP contribution in [-0.4, -0.2) is 23.8 Å². The Hall–Kier alpha value is -2.69. The van der Waals surface area contributed by atoms with E-state index in [2.05, 4.69) is 35.8 Å². The second-order valence-electron chi connectivity index (χ2n) is 7.79. The fourth-order valence-corrected chi connectivity index (χ4v) is 3.94. The van der Waals surface area contributed by atoms with Gasteiger partial charge in [-0.05, 0) is 66.0 Å². The Labute approximate surface area is 167 Å². The molecule has 0 unspecified atom stereocenters. The summed E-state index contributed by atoms with van der Waals surface area (Å²) in [6.45, 7) is 4.05. The van der Waals surface area contributed by atoms with Crippen LogP contribution in [0.1, 0.15) is 49.8 Å². The van der Waals surface area contributed by atoms with Crippen LogP contribution in [0.4, 0.5) is 5.69 Å². The number of hydrogen-bond donors (Lipinski definition) is 1. The standard InChI is InChI=1S/C20H22N2O.C3H7NO/c1-13-3-6-17-16(9-13)11-21-12-18(17)14-4-7-19-15(10-14)5-8-20(23)22(19)2;1-2-3(4)5/h4,7,10-13H,3,5-6,8-9H2,1-2H3;2H2,1H3,(H2,4,5)/t13-;/m1./s1. The van der Waals surface area contributed by atoms with Gasteiger partial charge in [0.1, 0.15) is 0 Å². The number of carbonyl (C=O) groups excluding carboxylic acids is 2. The van der Waals surface area contributed by atoms with Crippen molar-refractivity contribution in [2.75, 3.05) is 11.9 Å². The van der Waals surface area contributed by atoms with Crippen molar-refractivity contribution in [1.82, 2.24) is 4.98 Å². The molecule has 0 bridgehead atoms. The number of rotatable bonds is 2. The lowest BCUT2D eigenvalue weighted by Gasteiger charge is -2.27. The summed E-state index contributed by atoms with van der Waals surface area (Å²) < 4.78 is 0. The number of pyridine rings is 1. The van der Waals surface area contributed by atoms with Gasteiger partial charge in [-0.25, -0.2) is 0 Å². The molecule has 0 saturated heterocycles. The highest BCUT2D eigenvalue weighted by molar-refractivity contribution is 5.96. The summed E-state index contributed by atoms with van der Waals surface area (Å²) in [4.78, 5) is 27.7. The van der Waals surface area contributed by atoms with Crippen LogP contribution in [-0.2, 0) is 28.9 Å². The Kier molecular flexibility index (Phi) is 6.12. The predicted octanol–water partition coefficient (Wildman–Crippen LogP) is 3.66. The van der Waals surface area contributed by atoms with E-state index >= 15 is 0 Å². The Morgan fingerprint density at radius 3 is 2.68 bits per heavy atom. The van der Waals surface area contributed by atoms with Crippen molar-refractivity contribution in [3.8, 4) is 11.1 Å². The van der Waals surface area contributed by atoms with E-state index in [1.54, 1.807) is 11.8 Å². The zero-order chi connectivity index (χ0) is 20.3. The van der Waals surface area contributed by atoms with E-state index < -0.39 is 0 Å². The number of aromatic nitrogens is 1. The van der Waals surface area contributed by atoms with Gasteiger partial charge in [0.15, 0.2) is 0 Å². The van der Waals surface area contributed by atoms with Crippen molar-refractivity contribution < 1.29 is 9.59 Å².